The van der Waals surface area contributed by atoms with E-state index < -0.39 is 0 Å². The molecule has 0 aliphatic carbocycles. The smallest absolute Gasteiger partial charge is 0.265 e. The summed E-state index contributed by atoms with van der Waals surface area (Å²) in [5.41, 5.74) is 0.884. The van der Waals surface area contributed by atoms with E-state index in [1.165, 1.54) is 16.7 Å². The van der Waals surface area contributed by atoms with E-state index >= 15 is 0 Å². The van der Waals surface area contributed by atoms with Gasteiger partial charge in [0, 0.05) is 7.05 Å². The fourth-order valence-electron chi connectivity index (χ4n) is 2.14. The maximum atomic E-state index is 12.1. The molecule has 2 aromatic rings. The minimum Gasteiger partial charge on any atom is -0.497 e. The second-order valence-corrected chi connectivity index (χ2v) is 6.77. The maximum Gasteiger partial charge on any atom is 0.265 e. The van der Waals surface area contributed by atoms with Crippen LogP contribution in [-0.4, -0.2) is 29.3 Å². The number of hydrogen-bond acceptors (Lipinski definition) is 5. The van der Waals surface area contributed by atoms with Gasteiger partial charge in [-0.2, -0.15) is 0 Å². The summed E-state index contributed by atoms with van der Waals surface area (Å²) in [5.74, 6) is 2.11. The van der Waals surface area contributed by atoms with E-state index in [0.29, 0.717) is 20.7 Å². The molecule has 0 atom stereocenters. The fourth-order valence-corrected chi connectivity index (χ4v) is 3.32. The molecule has 1 aliphatic rings. The van der Waals surface area contributed by atoms with Crippen molar-refractivity contribution in [1.29, 1.82) is 0 Å². The van der Waals surface area contributed by atoms with E-state index in [2.05, 4.69) is 0 Å². The number of carbonyl (C=O) groups excluding carboxylic acids is 1. The van der Waals surface area contributed by atoms with Gasteiger partial charge in [0.1, 0.15) is 21.6 Å². The third kappa shape index (κ3) is 3.60. The summed E-state index contributed by atoms with van der Waals surface area (Å²) in [7, 11) is 3.31. The van der Waals surface area contributed by atoms with Crippen LogP contribution in [0.25, 0.3) is 6.08 Å². The SMILES string of the molecule is COc1ccc(Oc2cccc(C=C3SC(=S)N(C)C3=O)c2)cc1. The zero-order valence-corrected chi connectivity index (χ0v) is 14.8. The molecule has 0 spiro atoms. The number of amides is 1. The number of thiocarbonyl (C=S) groups is 1. The molecule has 0 radical (unpaired) electrons. The van der Waals surface area contributed by atoms with Gasteiger partial charge < -0.3 is 9.47 Å². The molecule has 0 aromatic heterocycles. The van der Waals surface area contributed by atoms with Gasteiger partial charge in [-0.05, 0) is 48.0 Å². The lowest BCUT2D eigenvalue weighted by molar-refractivity contribution is -0.121. The molecule has 1 fully saturated rings. The predicted octanol–water partition coefficient (Wildman–Crippen LogP) is 4.32. The molecule has 1 saturated heterocycles. The molecule has 6 heteroatoms. The van der Waals surface area contributed by atoms with Crippen LogP contribution in [0.1, 0.15) is 5.56 Å². The minimum atomic E-state index is -0.0773. The van der Waals surface area contributed by atoms with Crippen molar-refractivity contribution in [3.8, 4) is 17.2 Å². The molecule has 0 bridgehead atoms. The van der Waals surface area contributed by atoms with E-state index in [4.69, 9.17) is 21.7 Å². The molecule has 0 saturated carbocycles. The Labute approximate surface area is 150 Å². The fraction of sp³-hybridized carbons (Fsp3) is 0.111. The number of rotatable bonds is 4. The van der Waals surface area contributed by atoms with Crippen molar-refractivity contribution in [2.45, 2.75) is 0 Å². The number of nitrogens with zero attached hydrogens (tertiary/aromatic N) is 1. The van der Waals surface area contributed by atoms with Crippen LogP contribution in [0.4, 0.5) is 0 Å². The number of ether oxygens (including phenoxy) is 2. The quantitative estimate of drug-likeness (QED) is 0.602. The van der Waals surface area contributed by atoms with Gasteiger partial charge in [-0.15, -0.1) is 0 Å². The molecule has 0 unspecified atom stereocenters. The molecular formula is C18H15NO3S2. The third-order valence-electron chi connectivity index (χ3n) is 3.44. The zero-order chi connectivity index (χ0) is 17.1. The van der Waals surface area contributed by atoms with Gasteiger partial charge in [-0.25, -0.2) is 0 Å². The number of thioether (sulfide) groups is 1. The summed E-state index contributed by atoms with van der Waals surface area (Å²) < 4.78 is 11.5. The van der Waals surface area contributed by atoms with E-state index in [0.717, 1.165) is 11.3 Å². The Morgan fingerprint density at radius 3 is 2.42 bits per heavy atom. The highest BCUT2D eigenvalue weighted by Crippen LogP contribution is 2.32. The Hall–Kier alpha value is -2.31. The van der Waals surface area contributed by atoms with Crippen molar-refractivity contribution < 1.29 is 14.3 Å². The largest absolute Gasteiger partial charge is 0.497 e. The second kappa shape index (κ2) is 7.07. The first-order chi connectivity index (χ1) is 11.6. The van der Waals surface area contributed by atoms with Crippen molar-refractivity contribution in [3.63, 3.8) is 0 Å². The Kier molecular flexibility index (Phi) is 4.87. The van der Waals surface area contributed by atoms with Crippen LogP contribution >= 0.6 is 24.0 Å². The van der Waals surface area contributed by atoms with E-state index in [9.17, 15) is 4.79 Å². The lowest BCUT2D eigenvalue weighted by Gasteiger charge is -2.07. The number of carbonyl (C=O) groups is 1. The van der Waals surface area contributed by atoms with Gasteiger partial charge in [0.15, 0.2) is 0 Å². The first kappa shape index (κ1) is 16.5. The van der Waals surface area contributed by atoms with Gasteiger partial charge in [0.2, 0.25) is 0 Å². The Morgan fingerprint density at radius 2 is 1.79 bits per heavy atom. The number of hydrogen-bond donors (Lipinski definition) is 0. The van der Waals surface area contributed by atoms with Crippen molar-refractivity contribution in [2.75, 3.05) is 14.2 Å². The monoisotopic (exact) mass is 357 g/mol. The first-order valence-electron chi connectivity index (χ1n) is 7.20. The van der Waals surface area contributed by atoms with Crippen LogP contribution in [0.15, 0.2) is 53.4 Å². The summed E-state index contributed by atoms with van der Waals surface area (Å²) in [6.07, 6.45) is 1.82. The van der Waals surface area contributed by atoms with E-state index in [1.807, 2.05) is 54.6 Å². The molecule has 24 heavy (non-hydrogen) atoms. The lowest BCUT2D eigenvalue weighted by Crippen LogP contribution is -2.22. The molecular weight excluding hydrogens is 342 g/mol. The van der Waals surface area contributed by atoms with E-state index in [1.54, 1.807) is 14.2 Å². The average molecular weight is 357 g/mol. The number of methoxy groups -OCH3 is 1. The minimum absolute atomic E-state index is 0.0773. The molecule has 1 amide bonds. The molecule has 3 rings (SSSR count). The van der Waals surface area contributed by atoms with Crippen LogP contribution in [0.3, 0.4) is 0 Å². The predicted molar refractivity (Wildman–Crippen MR) is 100 cm³/mol. The highest BCUT2D eigenvalue weighted by molar-refractivity contribution is 8.26. The maximum absolute atomic E-state index is 12.1. The molecule has 122 valence electrons. The van der Waals surface area contributed by atoms with Crippen molar-refractivity contribution in [1.82, 2.24) is 4.90 Å². The number of benzene rings is 2. The highest BCUT2D eigenvalue weighted by atomic mass is 32.2. The molecule has 2 aromatic carbocycles. The van der Waals surface area contributed by atoms with Gasteiger partial charge in [-0.3, -0.25) is 9.69 Å². The summed E-state index contributed by atoms with van der Waals surface area (Å²) in [6, 6.07) is 14.9. The van der Waals surface area contributed by atoms with Gasteiger partial charge in [0.25, 0.3) is 5.91 Å². The summed E-state index contributed by atoms with van der Waals surface area (Å²) in [4.78, 5) is 14.2. The van der Waals surface area contributed by atoms with Crippen molar-refractivity contribution >= 4 is 40.3 Å². The Morgan fingerprint density at radius 1 is 1.08 bits per heavy atom. The normalized spacial score (nSPS) is 15.9. The Balaban J connectivity index is 1.79. The topological polar surface area (TPSA) is 38.8 Å². The number of likely N-dealkylation sites (N-methyl/N-ethyl adjacent to an activating group) is 1. The molecule has 1 heterocycles. The Bertz CT molecular complexity index is 815. The lowest BCUT2D eigenvalue weighted by atomic mass is 10.2. The van der Waals surface area contributed by atoms with Crippen LogP contribution in [0, 0.1) is 0 Å². The average Bonchev–Trinajstić information content (AvgIpc) is 2.83. The summed E-state index contributed by atoms with van der Waals surface area (Å²) >= 11 is 6.44. The van der Waals surface area contributed by atoms with Gasteiger partial charge >= 0.3 is 0 Å². The first-order valence-corrected chi connectivity index (χ1v) is 8.43. The molecule has 0 N–H and O–H groups in total. The second-order valence-electron chi connectivity index (χ2n) is 5.09. The third-order valence-corrected chi connectivity index (χ3v) is 4.92. The zero-order valence-electron chi connectivity index (χ0n) is 13.2. The van der Waals surface area contributed by atoms with Crippen LogP contribution in [0.2, 0.25) is 0 Å². The van der Waals surface area contributed by atoms with Crippen LogP contribution in [0.5, 0.6) is 17.2 Å². The van der Waals surface area contributed by atoms with Crippen LogP contribution in [-0.2, 0) is 4.79 Å². The summed E-state index contributed by atoms with van der Waals surface area (Å²) in [5, 5.41) is 0. The van der Waals surface area contributed by atoms with Crippen molar-refractivity contribution in [3.05, 3.63) is 59.0 Å². The standard InChI is InChI=1S/C18H15NO3S2/c1-19-17(20)16(24-18(19)23)11-12-4-3-5-15(10-12)22-14-8-6-13(21-2)7-9-14/h3-11H,1-2H3. The highest BCUT2D eigenvalue weighted by Gasteiger charge is 2.28. The van der Waals surface area contributed by atoms with Crippen LogP contribution < -0.4 is 9.47 Å². The van der Waals surface area contributed by atoms with Gasteiger partial charge in [-0.1, -0.05) is 36.1 Å². The summed E-state index contributed by atoms with van der Waals surface area (Å²) in [6.45, 7) is 0. The molecule has 4 nitrogen and oxygen atoms in total. The van der Waals surface area contributed by atoms with Gasteiger partial charge in [0.05, 0.1) is 12.0 Å². The molecule has 1 aliphatic heterocycles. The van der Waals surface area contributed by atoms with Crippen molar-refractivity contribution in [2.24, 2.45) is 0 Å². The van der Waals surface area contributed by atoms with E-state index in [-0.39, 0.29) is 5.91 Å².